The van der Waals surface area contributed by atoms with Crippen molar-refractivity contribution in [2.24, 2.45) is 5.92 Å². The van der Waals surface area contributed by atoms with Crippen molar-refractivity contribution in [1.29, 1.82) is 0 Å². The van der Waals surface area contributed by atoms with Crippen LogP contribution in [-0.4, -0.2) is 5.11 Å². The van der Waals surface area contributed by atoms with Gasteiger partial charge >= 0.3 is 0 Å². The van der Waals surface area contributed by atoms with Crippen LogP contribution in [0.15, 0.2) is 22.7 Å². The van der Waals surface area contributed by atoms with Gasteiger partial charge in [0.1, 0.15) is 5.75 Å². The first-order chi connectivity index (χ1) is 8.22. The van der Waals surface area contributed by atoms with Crippen molar-refractivity contribution >= 4 is 15.9 Å². The van der Waals surface area contributed by atoms with Crippen molar-refractivity contribution in [3.05, 3.63) is 28.2 Å². The van der Waals surface area contributed by atoms with E-state index in [2.05, 4.69) is 28.9 Å². The molecule has 0 saturated heterocycles. The molecule has 0 unspecified atom stereocenters. The monoisotopic (exact) mass is 296 g/mol. The molecule has 0 heterocycles. The Kier molecular flexibility index (Phi) is 4.49. The molecule has 0 aliphatic heterocycles. The number of halogens is 1. The predicted molar refractivity (Wildman–Crippen MR) is 75.4 cm³/mol. The largest absolute Gasteiger partial charge is 0.506 e. The Morgan fingerprint density at radius 3 is 2.59 bits per heavy atom. The highest BCUT2D eigenvalue weighted by atomic mass is 79.9. The molecule has 1 aromatic rings. The molecule has 0 spiro atoms. The molecular formula is C15H21BrO. The Hall–Kier alpha value is -0.500. The number of hydrogen-bond acceptors (Lipinski definition) is 1. The maximum absolute atomic E-state index is 10.1. The first kappa shape index (κ1) is 12.9. The molecule has 1 aromatic carbocycles. The topological polar surface area (TPSA) is 20.2 Å². The van der Waals surface area contributed by atoms with Gasteiger partial charge in [-0.25, -0.2) is 0 Å². The lowest BCUT2D eigenvalue weighted by atomic mass is 9.77. The second-order valence-corrected chi connectivity index (χ2v) is 6.04. The summed E-state index contributed by atoms with van der Waals surface area (Å²) in [7, 11) is 0. The summed E-state index contributed by atoms with van der Waals surface area (Å²) in [6.45, 7) is 2.27. The van der Waals surface area contributed by atoms with Gasteiger partial charge in [-0.2, -0.15) is 0 Å². The molecule has 0 radical (unpaired) electrons. The summed E-state index contributed by atoms with van der Waals surface area (Å²) < 4.78 is 0.825. The lowest BCUT2D eigenvalue weighted by molar-refractivity contribution is 0.304. The van der Waals surface area contributed by atoms with Gasteiger partial charge in [0.2, 0.25) is 0 Å². The Balaban J connectivity index is 2.03. The highest BCUT2D eigenvalue weighted by molar-refractivity contribution is 9.10. The number of phenolic OH excluding ortho intramolecular Hbond substituents is 1. The highest BCUT2D eigenvalue weighted by Crippen LogP contribution is 2.42. The van der Waals surface area contributed by atoms with Crippen LogP contribution in [0.1, 0.15) is 56.9 Å². The fourth-order valence-electron chi connectivity index (χ4n) is 3.03. The van der Waals surface area contributed by atoms with E-state index in [1.807, 2.05) is 12.1 Å². The zero-order valence-electron chi connectivity index (χ0n) is 10.5. The quantitative estimate of drug-likeness (QED) is 0.810. The van der Waals surface area contributed by atoms with Crippen LogP contribution in [0.2, 0.25) is 0 Å². The zero-order valence-corrected chi connectivity index (χ0v) is 12.0. The number of hydrogen-bond donors (Lipinski definition) is 1. The van der Waals surface area contributed by atoms with E-state index in [-0.39, 0.29) is 0 Å². The van der Waals surface area contributed by atoms with Gasteiger partial charge < -0.3 is 5.11 Å². The summed E-state index contributed by atoms with van der Waals surface area (Å²) in [6.07, 6.45) is 7.78. The third-order valence-corrected chi connectivity index (χ3v) is 4.64. The van der Waals surface area contributed by atoms with Gasteiger partial charge in [0, 0.05) is 0 Å². The lowest BCUT2D eigenvalue weighted by Crippen LogP contribution is -2.13. The van der Waals surface area contributed by atoms with Crippen LogP contribution >= 0.6 is 15.9 Å². The second kappa shape index (κ2) is 5.90. The Morgan fingerprint density at radius 1 is 1.24 bits per heavy atom. The van der Waals surface area contributed by atoms with Crippen molar-refractivity contribution in [1.82, 2.24) is 0 Å². The first-order valence-electron chi connectivity index (χ1n) is 6.69. The van der Waals surface area contributed by atoms with Crippen LogP contribution in [0.4, 0.5) is 0 Å². The number of rotatable bonds is 3. The third kappa shape index (κ3) is 3.04. The van der Waals surface area contributed by atoms with Gasteiger partial charge in [-0.05, 0) is 65.1 Å². The Labute approximate surface area is 112 Å². The van der Waals surface area contributed by atoms with Crippen LogP contribution < -0.4 is 0 Å². The molecular weight excluding hydrogens is 276 g/mol. The predicted octanol–water partition coefficient (Wildman–Crippen LogP) is 5.23. The molecule has 1 aliphatic rings. The summed E-state index contributed by atoms with van der Waals surface area (Å²) >= 11 is 3.40. The van der Waals surface area contributed by atoms with E-state index in [0.29, 0.717) is 11.7 Å². The summed E-state index contributed by atoms with van der Waals surface area (Å²) in [5, 5.41) is 10.1. The third-order valence-electron chi connectivity index (χ3n) is 4.00. The average Bonchev–Trinajstić information content (AvgIpc) is 2.34. The molecule has 0 amide bonds. The smallest absolute Gasteiger partial charge is 0.133 e. The van der Waals surface area contributed by atoms with Crippen LogP contribution in [0.5, 0.6) is 5.75 Å². The van der Waals surface area contributed by atoms with Crippen molar-refractivity contribution in [2.75, 3.05) is 0 Å². The summed E-state index contributed by atoms with van der Waals surface area (Å²) in [6, 6.07) is 6.00. The molecule has 1 aliphatic carbocycles. The minimum Gasteiger partial charge on any atom is -0.506 e. The van der Waals surface area contributed by atoms with Crippen molar-refractivity contribution in [3.63, 3.8) is 0 Å². The fraction of sp³-hybridized carbons (Fsp3) is 0.600. The van der Waals surface area contributed by atoms with Gasteiger partial charge in [-0.15, -0.1) is 0 Å². The van der Waals surface area contributed by atoms with Gasteiger partial charge in [-0.3, -0.25) is 0 Å². The molecule has 0 aromatic heterocycles. The number of aromatic hydroxyl groups is 1. The van der Waals surface area contributed by atoms with Crippen LogP contribution in [0.3, 0.4) is 0 Å². The molecule has 2 rings (SSSR count). The average molecular weight is 297 g/mol. The summed E-state index contributed by atoms with van der Waals surface area (Å²) in [5.74, 6) is 1.93. The Bertz CT molecular complexity index is 367. The van der Waals surface area contributed by atoms with Gasteiger partial charge in [0.05, 0.1) is 4.47 Å². The number of phenols is 1. The van der Waals surface area contributed by atoms with E-state index >= 15 is 0 Å². The lowest BCUT2D eigenvalue weighted by Gasteiger charge is -2.29. The molecule has 1 saturated carbocycles. The van der Waals surface area contributed by atoms with E-state index in [1.165, 1.54) is 38.5 Å². The molecule has 0 atom stereocenters. The maximum Gasteiger partial charge on any atom is 0.133 e. The van der Waals surface area contributed by atoms with Crippen LogP contribution in [0, 0.1) is 5.92 Å². The maximum atomic E-state index is 10.1. The second-order valence-electron chi connectivity index (χ2n) is 5.18. The fourth-order valence-corrected chi connectivity index (χ4v) is 3.41. The minimum atomic E-state index is 0.450. The molecule has 1 fully saturated rings. The van der Waals surface area contributed by atoms with Crippen molar-refractivity contribution < 1.29 is 5.11 Å². The normalized spacial score (nSPS) is 24.8. The van der Waals surface area contributed by atoms with Crippen molar-refractivity contribution in [3.8, 4) is 5.75 Å². The molecule has 94 valence electrons. The van der Waals surface area contributed by atoms with E-state index in [0.717, 1.165) is 16.0 Å². The molecule has 0 bridgehead atoms. The molecule has 17 heavy (non-hydrogen) atoms. The molecule has 1 N–H and O–H groups in total. The molecule has 2 heteroatoms. The minimum absolute atomic E-state index is 0.450. The summed E-state index contributed by atoms with van der Waals surface area (Å²) in [4.78, 5) is 0. The standard InChI is InChI=1S/C15H21BrO/c1-2-4-11-7-9-12(10-8-11)13-5-3-6-14(16)15(13)17/h3,5-6,11-12,17H,2,4,7-10H2,1H3. The van der Waals surface area contributed by atoms with Gasteiger partial charge in [0.25, 0.3) is 0 Å². The highest BCUT2D eigenvalue weighted by Gasteiger charge is 2.24. The van der Waals surface area contributed by atoms with E-state index in [9.17, 15) is 5.11 Å². The Morgan fingerprint density at radius 2 is 1.94 bits per heavy atom. The van der Waals surface area contributed by atoms with E-state index < -0.39 is 0 Å². The van der Waals surface area contributed by atoms with Crippen molar-refractivity contribution in [2.45, 2.75) is 51.4 Å². The van der Waals surface area contributed by atoms with Gasteiger partial charge in [-0.1, -0.05) is 31.9 Å². The van der Waals surface area contributed by atoms with Gasteiger partial charge in [0.15, 0.2) is 0 Å². The first-order valence-corrected chi connectivity index (χ1v) is 7.49. The van der Waals surface area contributed by atoms with E-state index in [1.54, 1.807) is 0 Å². The summed E-state index contributed by atoms with van der Waals surface area (Å²) in [5.41, 5.74) is 1.13. The number of benzene rings is 1. The number of para-hydroxylation sites is 1. The van der Waals surface area contributed by atoms with Crippen LogP contribution in [-0.2, 0) is 0 Å². The van der Waals surface area contributed by atoms with E-state index in [4.69, 9.17) is 0 Å². The molecule has 1 nitrogen and oxygen atoms in total. The SMILES string of the molecule is CCCC1CCC(c2cccc(Br)c2O)CC1. The van der Waals surface area contributed by atoms with Crippen LogP contribution in [0.25, 0.3) is 0 Å². The zero-order chi connectivity index (χ0) is 12.3.